The Morgan fingerprint density at radius 1 is 1.38 bits per heavy atom. The molecule has 0 bridgehead atoms. The first-order valence-electron chi connectivity index (χ1n) is 4.91. The van der Waals surface area contributed by atoms with Crippen molar-refractivity contribution in [3.8, 4) is 5.75 Å². The maximum absolute atomic E-state index is 11.4. The van der Waals surface area contributed by atoms with Crippen molar-refractivity contribution in [1.29, 1.82) is 0 Å². The number of hydrogen-bond acceptors (Lipinski definition) is 3. The summed E-state index contributed by atoms with van der Waals surface area (Å²) < 4.78 is 10.3. The van der Waals surface area contributed by atoms with Crippen LogP contribution in [-0.4, -0.2) is 22.9 Å². The van der Waals surface area contributed by atoms with Crippen molar-refractivity contribution in [3.63, 3.8) is 0 Å². The summed E-state index contributed by atoms with van der Waals surface area (Å²) >= 11 is 0.249. The molecule has 4 heteroatoms. The van der Waals surface area contributed by atoms with Gasteiger partial charge in [-0.25, -0.2) is 0 Å². The first-order chi connectivity index (χ1) is 7.74. The Labute approximate surface area is 100 Å². The van der Waals surface area contributed by atoms with E-state index < -0.39 is 0 Å². The molecule has 0 atom stereocenters. The minimum absolute atomic E-state index is 0.249. The Morgan fingerprint density at radius 3 is 2.88 bits per heavy atom. The van der Waals surface area contributed by atoms with E-state index >= 15 is 0 Å². The molecule has 0 N–H and O–H groups in total. The standard InChI is InChI=1S/C12H12AsO3/c1-13-7-8-5-12(14)16-11-6-9(15-2)3-4-10(8)11/h3-6H,7H2,1-2H3. The average Bonchev–Trinajstić information content (AvgIpc) is 2.28. The summed E-state index contributed by atoms with van der Waals surface area (Å²) in [5, 5.41) is 1.99. The van der Waals surface area contributed by atoms with Gasteiger partial charge in [0.25, 0.3) is 0 Å². The van der Waals surface area contributed by atoms with Gasteiger partial charge in [0.05, 0.1) is 0 Å². The summed E-state index contributed by atoms with van der Waals surface area (Å²) in [6.07, 6.45) is 0. The maximum atomic E-state index is 11.4. The summed E-state index contributed by atoms with van der Waals surface area (Å²) in [4.78, 5) is 11.4. The van der Waals surface area contributed by atoms with E-state index in [1.807, 2.05) is 12.1 Å². The second-order valence-electron chi connectivity index (χ2n) is 3.43. The number of methoxy groups -OCH3 is 1. The molecular formula is C12H12AsO3. The van der Waals surface area contributed by atoms with Gasteiger partial charge in [0.2, 0.25) is 0 Å². The van der Waals surface area contributed by atoms with Crippen LogP contribution < -0.4 is 10.4 Å². The van der Waals surface area contributed by atoms with Gasteiger partial charge >= 0.3 is 99.9 Å². The van der Waals surface area contributed by atoms with Crippen LogP contribution in [0, 0.1) is 0 Å². The van der Waals surface area contributed by atoms with Crippen molar-refractivity contribution >= 4 is 26.7 Å². The van der Waals surface area contributed by atoms with E-state index in [0.717, 1.165) is 16.2 Å². The van der Waals surface area contributed by atoms with E-state index in [2.05, 4.69) is 5.71 Å². The van der Waals surface area contributed by atoms with Crippen molar-refractivity contribution in [2.24, 2.45) is 0 Å². The zero-order chi connectivity index (χ0) is 11.5. The molecule has 0 saturated carbocycles. The topological polar surface area (TPSA) is 39.4 Å². The Morgan fingerprint density at radius 2 is 2.19 bits per heavy atom. The molecule has 0 aliphatic rings. The van der Waals surface area contributed by atoms with E-state index in [0.29, 0.717) is 11.3 Å². The van der Waals surface area contributed by atoms with Crippen molar-refractivity contribution in [3.05, 3.63) is 40.2 Å². The Balaban J connectivity index is 2.68. The van der Waals surface area contributed by atoms with Gasteiger partial charge in [-0.05, 0) is 0 Å². The van der Waals surface area contributed by atoms with Gasteiger partial charge in [-0.2, -0.15) is 0 Å². The minimum atomic E-state index is -0.287. The molecule has 0 saturated heterocycles. The van der Waals surface area contributed by atoms with Crippen LogP contribution >= 0.6 is 0 Å². The van der Waals surface area contributed by atoms with E-state index in [-0.39, 0.29) is 21.4 Å². The molecule has 0 fully saturated rings. The summed E-state index contributed by atoms with van der Waals surface area (Å²) in [6, 6.07) is 7.18. The van der Waals surface area contributed by atoms with Crippen LogP contribution in [-0.2, 0) is 5.21 Å². The average molecular weight is 279 g/mol. The Hall–Kier alpha value is -1.21. The van der Waals surface area contributed by atoms with Crippen LogP contribution in [0.2, 0.25) is 5.71 Å². The quantitative estimate of drug-likeness (QED) is 0.637. The van der Waals surface area contributed by atoms with Gasteiger partial charge in [0.15, 0.2) is 0 Å². The van der Waals surface area contributed by atoms with Crippen LogP contribution in [0.4, 0.5) is 0 Å². The predicted octanol–water partition coefficient (Wildman–Crippen LogP) is 2.05. The molecule has 83 valence electrons. The molecule has 1 aromatic heterocycles. The molecule has 0 aliphatic heterocycles. The van der Waals surface area contributed by atoms with Crippen LogP contribution in [0.5, 0.6) is 5.75 Å². The van der Waals surface area contributed by atoms with Gasteiger partial charge in [-0.1, -0.05) is 0 Å². The van der Waals surface area contributed by atoms with E-state index in [9.17, 15) is 4.79 Å². The normalized spacial score (nSPS) is 11.4. The zero-order valence-corrected chi connectivity index (χ0v) is 11.1. The third-order valence-electron chi connectivity index (χ3n) is 2.37. The molecule has 0 aliphatic carbocycles. The summed E-state index contributed by atoms with van der Waals surface area (Å²) in [7, 11) is 1.60. The van der Waals surface area contributed by atoms with Crippen LogP contribution in [0.1, 0.15) is 5.56 Å². The Bertz CT molecular complexity index is 560. The molecule has 2 aromatic rings. The number of hydrogen-bond donors (Lipinski definition) is 0. The summed E-state index contributed by atoms with van der Waals surface area (Å²) in [5.74, 6) is 0.706. The SMILES string of the molecule is COc1ccc2c(C[As]C)cc(=O)oc2c1. The third kappa shape index (κ3) is 2.14. The van der Waals surface area contributed by atoms with Gasteiger partial charge < -0.3 is 0 Å². The van der Waals surface area contributed by atoms with Crippen molar-refractivity contribution in [1.82, 2.24) is 0 Å². The van der Waals surface area contributed by atoms with Crippen molar-refractivity contribution in [2.45, 2.75) is 10.9 Å². The summed E-state index contributed by atoms with van der Waals surface area (Å²) in [6.45, 7) is 0. The zero-order valence-electron chi connectivity index (χ0n) is 9.19. The first kappa shape index (κ1) is 11.3. The van der Waals surface area contributed by atoms with E-state index in [1.165, 1.54) is 0 Å². The van der Waals surface area contributed by atoms with Gasteiger partial charge in [-0.3, -0.25) is 0 Å². The fraction of sp³-hybridized carbons (Fsp3) is 0.250. The second kappa shape index (κ2) is 4.75. The molecule has 0 unspecified atom stereocenters. The van der Waals surface area contributed by atoms with Crippen molar-refractivity contribution < 1.29 is 9.15 Å². The number of fused-ring (bicyclic) bond motifs is 1. The number of ether oxygens (including phenoxy) is 1. The fourth-order valence-electron chi connectivity index (χ4n) is 1.64. The molecule has 16 heavy (non-hydrogen) atoms. The van der Waals surface area contributed by atoms with E-state index in [1.54, 1.807) is 19.2 Å². The molecule has 0 amide bonds. The van der Waals surface area contributed by atoms with Crippen LogP contribution in [0.3, 0.4) is 0 Å². The molecule has 0 spiro atoms. The third-order valence-corrected chi connectivity index (χ3v) is 3.74. The Kier molecular flexibility index (Phi) is 3.35. The predicted molar refractivity (Wildman–Crippen MR) is 64.4 cm³/mol. The molecule has 1 aromatic carbocycles. The molecule has 1 radical (unpaired) electrons. The monoisotopic (exact) mass is 279 g/mol. The van der Waals surface area contributed by atoms with Gasteiger partial charge in [0.1, 0.15) is 0 Å². The number of rotatable bonds is 3. The molecule has 1 heterocycles. The molecule has 2 rings (SSSR count). The molecule has 3 nitrogen and oxygen atoms in total. The summed E-state index contributed by atoms with van der Waals surface area (Å²) in [5.41, 5.74) is 3.58. The van der Waals surface area contributed by atoms with Crippen LogP contribution in [0.15, 0.2) is 33.5 Å². The van der Waals surface area contributed by atoms with Gasteiger partial charge in [0, 0.05) is 0 Å². The molecular weight excluding hydrogens is 267 g/mol. The van der Waals surface area contributed by atoms with E-state index in [4.69, 9.17) is 9.15 Å². The fourth-order valence-corrected chi connectivity index (χ4v) is 2.90. The second-order valence-corrected chi connectivity index (χ2v) is 5.42. The van der Waals surface area contributed by atoms with Gasteiger partial charge in [-0.15, -0.1) is 0 Å². The van der Waals surface area contributed by atoms with Crippen LogP contribution in [0.25, 0.3) is 11.0 Å². The van der Waals surface area contributed by atoms with Crippen molar-refractivity contribution in [2.75, 3.05) is 7.11 Å². The number of benzene rings is 1. The first-order valence-corrected chi connectivity index (χ1v) is 8.11.